The van der Waals surface area contributed by atoms with Crippen molar-refractivity contribution in [2.45, 2.75) is 39.2 Å². The van der Waals surface area contributed by atoms with Gasteiger partial charge in [-0.05, 0) is 39.3 Å². The summed E-state index contributed by atoms with van der Waals surface area (Å²) in [7, 11) is 0. The maximum absolute atomic E-state index is 12.5. The summed E-state index contributed by atoms with van der Waals surface area (Å²) in [6.45, 7) is 7.43. The normalized spacial score (nSPS) is 16.9. The molecule has 1 saturated heterocycles. The third-order valence-corrected chi connectivity index (χ3v) is 4.93. The Morgan fingerprint density at radius 3 is 1.97 bits per heavy atom. The summed E-state index contributed by atoms with van der Waals surface area (Å²) in [4.78, 5) is 53.8. The molecule has 0 aliphatic carbocycles. The summed E-state index contributed by atoms with van der Waals surface area (Å²) >= 11 is 0. The smallest absolute Gasteiger partial charge is 0.410 e. The van der Waals surface area contributed by atoms with Gasteiger partial charge in [-0.3, -0.25) is 19.3 Å². The molecule has 1 aromatic rings. The van der Waals surface area contributed by atoms with Crippen LogP contribution in [0.15, 0.2) is 24.3 Å². The topological polar surface area (TPSA) is 87.2 Å². The number of ether oxygens (including phenoxy) is 1. The highest BCUT2D eigenvalue weighted by Gasteiger charge is 2.35. The highest BCUT2D eigenvalue weighted by atomic mass is 16.6. The summed E-state index contributed by atoms with van der Waals surface area (Å²) in [6, 6.07) is 6.75. The Morgan fingerprint density at radius 1 is 0.931 bits per heavy atom. The second-order valence-electron chi connectivity index (χ2n) is 8.26. The molecule has 1 aromatic carbocycles. The van der Waals surface area contributed by atoms with E-state index in [0.29, 0.717) is 43.7 Å². The molecule has 8 heteroatoms. The van der Waals surface area contributed by atoms with Gasteiger partial charge in [-0.15, -0.1) is 0 Å². The fraction of sp³-hybridized carbons (Fsp3) is 0.524. The molecule has 29 heavy (non-hydrogen) atoms. The summed E-state index contributed by atoms with van der Waals surface area (Å²) in [6.07, 6.45) is 0.298. The highest BCUT2D eigenvalue weighted by Crippen LogP contribution is 2.22. The van der Waals surface area contributed by atoms with Crippen molar-refractivity contribution in [2.24, 2.45) is 0 Å². The van der Waals surface area contributed by atoms with Gasteiger partial charge >= 0.3 is 6.09 Å². The summed E-state index contributed by atoms with van der Waals surface area (Å²) in [5, 5.41) is 0. The molecule has 0 atom stereocenters. The van der Waals surface area contributed by atoms with Crippen LogP contribution in [0.3, 0.4) is 0 Å². The number of amides is 4. The standard InChI is InChI=1S/C21H27N3O5/c1-21(2,3)29-20(28)23-13-11-22(12-14-23)17(25)9-6-10-24-18(26)15-7-4-5-8-16(15)19(24)27/h4-5,7-8H,6,9-14H2,1-3H3. The van der Waals surface area contributed by atoms with Crippen LogP contribution in [0.25, 0.3) is 0 Å². The van der Waals surface area contributed by atoms with Crippen molar-refractivity contribution < 1.29 is 23.9 Å². The molecule has 0 N–H and O–H groups in total. The van der Waals surface area contributed by atoms with Crippen LogP contribution in [-0.2, 0) is 9.53 Å². The zero-order valence-corrected chi connectivity index (χ0v) is 17.1. The van der Waals surface area contributed by atoms with E-state index in [9.17, 15) is 19.2 Å². The zero-order chi connectivity index (χ0) is 21.2. The maximum Gasteiger partial charge on any atom is 0.410 e. The van der Waals surface area contributed by atoms with Crippen LogP contribution < -0.4 is 0 Å². The number of hydrogen-bond donors (Lipinski definition) is 0. The molecule has 0 aromatic heterocycles. The van der Waals surface area contributed by atoms with E-state index in [1.807, 2.05) is 20.8 Å². The van der Waals surface area contributed by atoms with Crippen molar-refractivity contribution >= 4 is 23.8 Å². The number of benzene rings is 1. The molecule has 0 unspecified atom stereocenters. The molecule has 1 fully saturated rings. The fourth-order valence-electron chi connectivity index (χ4n) is 3.45. The van der Waals surface area contributed by atoms with E-state index in [0.717, 1.165) is 0 Å². The Hall–Kier alpha value is -2.90. The monoisotopic (exact) mass is 401 g/mol. The first-order valence-corrected chi connectivity index (χ1v) is 9.88. The SMILES string of the molecule is CC(C)(C)OC(=O)N1CCN(C(=O)CCCN2C(=O)c3ccccc3C2=O)CC1. The molecular formula is C21H27N3O5. The van der Waals surface area contributed by atoms with Gasteiger partial charge in [-0.25, -0.2) is 4.79 Å². The Bertz CT molecular complexity index is 787. The Kier molecular flexibility index (Phi) is 5.91. The largest absolute Gasteiger partial charge is 0.444 e. The second-order valence-corrected chi connectivity index (χ2v) is 8.26. The Balaban J connectivity index is 1.43. The lowest BCUT2D eigenvalue weighted by atomic mass is 10.1. The quantitative estimate of drug-likeness (QED) is 0.722. The number of piperazine rings is 1. The van der Waals surface area contributed by atoms with Gasteiger partial charge in [0, 0.05) is 39.1 Å². The van der Waals surface area contributed by atoms with Crippen molar-refractivity contribution in [3.63, 3.8) is 0 Å². The van der Waals surface area contributed by atoms with E-state index in [4.69, 9.17) is 4.74 Å². The van der Waals surface area contributed by atoms with Gasteiger partial charge in [-0.2, -0.15) is 0 Å². The number of nitrogens with zero attached hydrogens (tertiary/aromatic N) is 3. The second kappa shape index (κ2) is 8.23. The van der Waals surface area contributed by atoms with Crippen molar-refractivity contribution in [1.29, 1.82) is 0 Å². The lowest BCUT2D eigenvalue weighted by Crippen LogP contribution is -2.51. The molecular weight excluding hydrogens is 374 g/mol. The van der Waals surface area contributed by atoms with Gasteiger partial charge in [0.25, 0.3) is 11.8 Å². The van der Waals surface area contributed by atoms with Crippen LogP contribution in [0.5, 0.6) is 0 Å². The maximum atomic E-state index is 12.5. The van der Waals surface area contributed by atoms with E-state index in [1.54, 1.807) is 34.1 Å². The van der Waals surface area contributed by atoms with E-state index >= 15 is 0 Å². The van der Waals surface area contributed by atoms with Gasteiger partial charge in [0.1, 0.15) is 5.60 Å². The molecule has 0 radical (unpaired) electrons. The van der Waals surface area contributed by atoms with E-state index < -0.39 is 5.60 Å². The zero-order valence-electron chi connectivity index (χ0n) is 17.1. The molecule has 2 aliphatic rings. The van der Waals surface area contributed by atoms with E-state index in [2.05, 4.69) is 0 Å². The molecule has 8 nitrogen and oxygen atoms in total. The lowest BCUT2D eigenvalue weighted by Gasteiger charge is -2.35. The molecule has 0 spiro atoms. The Labute approximate surface area is 170 Å². The third kappa shape index (κ3) is 4.75. The minimum Gasteiger partial charge on any atom is -0.444 e. The summed E-state index contributed by atoms with van der Waals surface area (Å²) in [5.41, 5.74) is 0.290. The molecule has 2 heterocycles. The third-order valence-electron chi connectivity index (χ3n) is 4.93. The van der Waals surface area contributed by atoms with E-state index in [1.165, 1.54) is 4.90 Å². The molecule has 3 rings (SSSR count). The van der Waals surface area contributed by atoms with Crippen molar-refractivity contribution in [2.75, 3.05) is 32.7 Å². The van der Waals surface area contributed by atoms with Crippen molar-refractivity contribution in [3.05, 3.63) is 35.4 Å². The number of carbonyl (C=O) groups is 4. The van der Waals surface area contributed by atoms with Crippen molar-refractivity contribution in [3.8, 4) is 0 Å². The fourth-order valence-corrected chi connectivity index (χ4v) is 3.45. The minimum absolute atomic E-state index is 0.0366. The predicted octanol–water partition coefficient (Wildman–Crippen LogP) is 2.14. The summed E-state index contributed by atoms with van der Waals surface area (Å²) < 4.78 is 5.36. The van der Waals surface area contributed by atoms with Crippen LogP contribution in [0.2, 0.25) is 0 Å². The molecule has 156 valence electrons. The number of rotatable bonds is 4. The first-order valence-electron chi connectivity index (χ1n) is 9.88. The summed E-state index contributed by atoms with van der Waals surface area (Å²) in [5.74, 6) is -0.640. The highest BCUT2D eigenvalue weighted by molar-refractivity contribution is 6.21. The van der Waals surface area contributed by atoms with Crippen LogP contribution in [0.1, 0.15) is 54.3 Å². The molecule has 0 bridgehead atoms. The lowest BCUT2D eigenvalue weighted by molar-refractivity contribution is -0.133. The van der Waals surface area contributed by atoms with Crippen LogP contribution >= 0.6 is 0 Å². The number of hydrogen-bond acceptors (Lipinski definition) is 5. The van der Waals surface area contributed by atoms with Gasteiger partial charge in [0.05, 0.1) is 11.1 Å². The average molecular weight is 401 g/mol. The molecule has 4 amide bonds. The van der Waals surface area contributed by atoms with Crippen LogP contribution in [-0.4, -0.2) is 76.8 Å². The van der Waals surface area contributed by atoms with Crippen LogP contribution in [0.4, 0.5) is 4.79 Å². The predicted molar refractivity (Wildman–Crippen MR) is 105 cm³/mol. The van der Waals surface area contributed by atoms with Gasteiger partial charge in [-0.1, -0.05) is 12.1 Å². The first kappa shape index (κ1) is 20.8. The number of fused-ring (bicyclic) bond motifs is 1. The van der Waals surface area contributed by atoms with Crippen LogP contribution in [0, 0.1) is 0 Å². The Morgan fingerprint density at radius 2 is 1.45 bits per heavy atom. The molecule has 2 aliphatic heterocycles. The number of carbonyl (C=O) groups excluding carboxylic acids is 4. The first-order chi connectivity index (χ1) is 13.7. The van der Waals surface area contributed by atoms with Crippen molar-refractivity contribution in [1.82, 2.24) is 14.7 Å². The van der Waals surface area contributed by atoms with Gasteiger partial charge in [0.2, 0.25) is 5.91 Å². The van der Waals surface area contributed by atoms with Gasteiger partial charge < -0.3 is 14.5 Å². The van der Waals surface area contributed by atoms with Gasteiger partial charge in [0.15, 0.2) is 0 Å². The van der Waals surface area contributed by atoms with E-state index in [-0.39, 0.29) is 36.8 Å². The molecule has 0 saturated carbocycles. The number of imide groups is 1. The average Bonchev–Trinajstić information content (AvgIpc) is 2.92. The minimum atomic E-state index is -0.547.